The van der Waals surface area contributed by atoms with E-state index in [4.69, 9.17) is 0 Å². The predicted octanol–water partition coefficient (Wildman–Crippen LogP) is 3.70. The van der Waals surface area contributed by atoms with Crippen molar-refractivity contribution in [2.24, 2.45) is 5.92 Å². The highest BCUT2D eigenvalue weighted by atomic mass is 32.2. The van der Waals surface area contributed by atoms with E-state index in [0.717, 1.165) is 30.0 Å². The van der Waals surface area contributed by atoms with Crippen LogP contribution in [0.3, 0.4) is 0 Å². The topological polar surface area (TPSA) is 46.2 Å². The fourth-order valence-electron chi connectivity index (χ4n) is 3.25. The van der Waals surface area contributed by atoms with Crippen molar-refractivity contribution in [3.8, 4) is 0 Å². The lowest BCUT2D eigenvalue weighted by Crippen LogP contribution is -2.38. The van der Waals surface area contributed by atoms with Gasteiger partial charge in [0, 0.05) is 11.4 Å². The van der Waals surface area contributed by atoms with Gasteiger partial charge in [0.15, 0.2) is 0 Å². The molecule has 1 saturated carbocycles. The third-order valence-corrected chi connectivity index (χ3v) is 5.88. The third kappa shape index (κ3) is 3.11. The van der Waals surface area contributed by atoms with Crippen LogP contribution >= 0.6 is 0 Å². The van der Waals surface area contributed by atoms with Crippen LogP contribution in [0.2, 0.25) is 0 Å². The summed E-state index contributed by atoms with van der Waals surface area (Å²) in [5.74, 6) is 0.596. The smallest absolute Gasteiger partial charge is 0.208 e. The monoisotopic (exact) mass is 303 g/mol. The van der Waals surface area contributed by atoms with E-state index in [1.807, 2.05) is 30.3 Å². The molecule has 1 aliphatic carbocycles. The maximum absolute atomic E-state index is 12.7. The first-order chi connectivity index (χ1) is 10.1. The van der Waals surface area contributed by atoms with Gasteiger partial charge in [-0.05, 0) is 30.2 Å². The van der Waals surface area contributed by atoms with Crippen LogP contribution in [0.25, 0.3) is 10.8 Å². The fraction of sp³-hybridized carbons (Fsp3) is 0.412. The van der Waals surface area contributed by atoms with E-state index in [1.165, 1.54) is 6.42 Å². The van der Waals surface area contributed by atoms with Crippen LogP contribution in [0, 0.1) is 5.92 Å². The van der Waals surface area contributed by atoms with E-state index < -0.39 is 10.0 Å². The van der Waals surface area contributed by atoms with Crippen LogP contribution in [0.4, 0.5) is 0 Å². The molecule has 1 fully saturated rings. The van der Waals surface area contributed by atoms with Crippen LogP contribution in [0.5, 0.6) is 0 Å². The zero-order chi connectivity index (χ0) is 14.9. The summed E-state index contributed by atoms with van der Waals surface area (Å²) in [7, 11) is -3.46. The highest BCUT2D eigenvalue weighted by Crippen LogP contribution is 2.27. The van der Waals surface area contributed by atoms with Gasteiger partial charge in [-0.15, -0.1) is 0 Å². The lowest BCUT2D eigenvalue weighted by atomic mass is 9.88. The zero-order valence-electron chi connectivity index (χ0n) is 12.2. The molecule has 0 heterocycles. The summed E-state index contributed by atoms with van der Waals surface area (Å²) in [6, 6.07) is 13.1. The van der Waals surface area contributed by atoms with Crippen LogP contribution in [0.15, 0.2) is 47.4 Å². The lowest BCUT2D eigenvalue weighted by molar-refractivity contribution is 0.327. The Labute approximate surface area is 126 Å². The van der Waals surface area contributed by atoms with E-state index in [1.54, 1.807) is 12.1 Å². The molecule has 21 heavy (non-hydrogen) atoms. The van der Waals surface area contributed by atoms with Gasteiger partial charge in [-0.1, -0.05) is 56.2 Å². The van der Waals surface area contributed by atoms with Gasteiger partial charge < -0.3 is 0 Å². The zero-order valence-corrected chi connectivity index (χ0v) is 13.1. The summed E-state index contributed by atoms with van der Waals surface area (Å²) in [6.45, 7) is 2.19. The summed E-state index contributed by atoms with van der Waals surface area (Å²) in [6.07, 6.45) is 4.18. The molecule has 2 unspecified atom stereocenters. The molecule has 2 atom stereocenters. The molecule has 3 nitrogen and oxygen atoms in total. The van der Waals surface area contributed by atoms with Crippen molar-refractivity contribution >= 4 is 20.8 Å². The number of sulfonamides is 1. The van der Waals surface area contributed by atoms with Gasteiger partial charge in [-0.2, -0.15) is 0 Å². The minimum absolute atomic E-state index is 0.0673. The molecule has 2 aromatic rings. The molecule has 0 aromatic heterocycles. The molecule has 0 spiro atoms. The maximum Gasteiger partial charge on any atom is 0.241 e. The number of fused-ring (bicyclic) bond motifs is 1. The molecule has 0 aliphatic heterocycles. The van der Waals surface area contributed by atoms with Crippen molar-refractivity contribution in [1.82, 2.24) is 4.72 Å². The second kappa shape index (κ2) is 5.78. The van der Waals surface area contributed by atoms with Gasteiger partial charge in [0.1, 0.15) is 0 Å². The van der Waals surface area contributed by atoms with E-state index in [9.17, 15) is 8.42 Å². The largest absolute Gasteiger partial charge is 0.241 e. The highest BCUT2D eigenvalue weighted by Gasteiger charge is 2.25. The average molecular weight is 303 g/mol. The molecule has 1 aliphatic rings. The summed E-state index contributed by atoms with van der Waals surface area (Å²) < 4.78 is 28.3. The first kappa shape index (κ1) is 14.5. The molecule has 0 saturated heterocycles. The Morgan fingerprint density at radius 2 is 1.81 bits per heavy atom. The minimum Gasteiger partial charge on any atom is -0.208 e. The Kier molecular flexibility index (Phi) is 4.00. The summed E-state index contributed by atoms with van der Waals surface area (Å²) in [5.41, 5.74) is 0. The number of hydrogen-bond acceptors (Lipinski definition) is 2. The molecule has 4 heteroatoms. The standard InChI is InChI=1S/C17H21NO2S/c1-13-6-4-9-15(12-13)18-21(19,20)17-11-5-8-14-7-2-3-10-16(14)17/h2-3,5,7-8,10-11,13,15,18H,4,6,9,12H2,1H3. The number of benzene rings is 2. The molecular formula is C17H21NO2S. The Morgan fingerprint density at radius 1 is 1.05 bits per heavy atom. The summed E-state index contributed by atoms with van der Waals surface area (Å²) in [5, 5.41) is 1.74. The molecule has 112 valence electrons. The summed E-state index contributed by atoms with van der Waals surface area (Å²) >= 11 is 0. The second-order valence-electron chi connectivity index (χ2n) is 6.07. The summed E-state index contributed by atoms with van der Waals surface area (Å²) in [4.78, 5) is 0.388. The maximum atomic E-state index is 12.7. The Morgan fingerprint density at radius 3 is 2.62 bits per heavy atom. The normalized spacial score (nSPS) is 23.3. The van der Waals surface area contributed by atoms with Gasteiger partial charge in [0.25, 0.3) is 0 Å². The Balaban J connectivity index is 1.93. The predicted molar refractivity (Wildman–Crippen MR) is 85.7 cm³/mol. The van der Waals surface area contributed by atoms with Gasteiger partial charge in [-0.3, -0.25) is 0 Å². The Hall–Kier alpha value is -1.39. The number of nitrogens with one attached hydrogen (secondary N) is 1. The van der Waals surface area contributed by atoms with Crippen molar-refractivity contribution in [3.63, 3.8) is 0 Å². The van der Waals surface area contributed by atoms with Gasteiger partial charge in [0.05, 0.1) is 4.90 Å². The fourth-order valence-corrected chi connectivity index (χ4v) is 4.77. The molecular weight excluding hydrogens is 282 g/mol. The van der Waals surface area contributed by atoms with Crippen LogP contribution in [0.1, 0.15) is 32.6 Å². The Bertz CT molecular complexity index is 734. The van der Waals surface area contributed by atoms with Crippen LogP contribution < -0.4 is 4.72 Å². The van der Waals surface area contributed by atoms with E-state index >= 15 is 0 Å². The molecule has 2 aromatic carbocycles. The van der Waals surface area contributed by atoms with E-state index in [0.29, 0.717) is 10.8 Å². The van der Waals surface area contributed by atoms with Gasteiger partial charge >= 0.3 is 0 Å². The van der Waals surface area contributed by atoms with Crippen molar-refractivity contribution < 1.29 is 8.42 Å². The lowest BCUT2D eigenvalue weighted by Gasteiger charge is -2.27. The van der Waals surface area contributed by atoms with E-state index in [-0.39, 0.29) is 6.04 Å². The van der Waals surface area contributed by atoms with Crippen LogP contribution in [-0.2, 0) is 10.0 Å². The first-order valence-corrected chi connectivity index (χ1v) is 9.05. The van der Waals surface area contributed by atoms with Crippen molar-refractivity contribution in [2.45, 2.75) is 43.5 Å². The number of hydrogen-bond donors (Lipinski definition) is 1. The quantitative estimate of drug-likeness (QED) is 0.940. The van der Waals surface area contributed by atoms with E-state index in [2.05, 4.69) is 11.6 Å². The number of rotatable bonds is 3. The molecule has 0 bridgehead atoms. The average Bonchev–Trinajstić information content (AvgIpc) is 2.46. The third-order valence-electron chi connectivity index (χ3n) is 4.30. The van der Waals surface area contributed by atoms with Crippen molar-refractivity contribution in [3.05, 3.63) is 42.5 Å². The van der Waals surface area contributed by atoms with Crippen molar-refractivity contribution in [2.75, 3.05) is 0 Å². The van der Waals surface area contributed by atoms with Gasteiger partial charge in [-0.25, -0.2) is 13.1 Å². The van der Waals surface area contributed by atoms with Gasteiger partial charge in [0.2, 0.25) is 10.0 Å². The SMILES string of the molecule is CC1CCCC(NS(=O)(=O)c2cccc3ccccc23)C1. The highest BCUT2D eigenvalue weighted by molar-refractivity contribution is 7.89. The molecule has 1 N–H and O–H groups in total. The second-order valence-corrected chi connectivity index (χ2v) is 7.75. The minimum atomic E-state index is -3.46. The first-order valence-electron chi connectivity index (χ1n) is 7.56. The molecule has 3 rings (SSSR count). The van der Waals surface area contributed by atoms with Crippen LogP contribution in [-0.4, -0.2) is 14.5 Å². The molecule has 0 amide bonds. The van der Waals surface area contributed by atoms with Crippen molar-refractivity contribution in [1.29, 1.82) is 0 Å². The molecule has 0 radical (unpaired) electrons.